The molecule has 0 aromatic heterocycles. The predicted molar refractivity (Wildman–Crippen MR) is 79.9 cm³/mol. The number of phenols is 1. The molecule has 0 radical (unpaired) electrons. The van der Waals surface area contributed by atoms with E-state index >= 15 is 0 Å². The van der Waals surface area contributed by atoms with Gasteiger partial charge in [-0.25, -0.2) is 0 Å². The van der Waals surface area contributed by atoms with Crippen molar-refractivity contribution in [1.82, 2.24) is 0 Å². The summed E-state index contributed by atoms with van der Waals surface area (Å²) in [4.78, 5) is 4.66. The number of ether oxygens (including phenoxy) is 1. The van der Waals surface area contributed by atoms with Gasteiger partial charge < -0.3 is 9.84 Å². The van der Waals surface area contributed by atoms with E-state index in [1.807, 2.05) is 18.2 Å². The van der Waals surface area contributed by atoms with E-state index in [2.05, 4.69) is 17.1 Å². The summed E-state index contributed by atoms with van der Waals surface area (Å²) in [5.41, 5.74) is 4.78. The number of benzene rings is 2. The molecule has 0 saturated carbocycles. The first-order chi connectivity index (χ1) is 9.76. The lowest BCUT2D eigenvalue weighted by atomic mass is 9.93. The van der Waals surface area contributed by atoms with Crippen LogP contribution < -0.4 is 4.74 Å². The highest BCUT2D eigenvalue weighted by Gasteiger charge is 2.15. The van der Waals surface area contributed by atoms with Gasteiger partial charge in [-0.3, -0.25) is 4.99 Å². The van der Waals surface area contributed by atoms with Crippen LogP contribution in [-0.2, 0) is 12.8 Å². The highest BCUT2D eigenvalue weighted by atomic mass is 16.5. The number of aliphatic imine (C=N–C) groups is 1. The Hall–Kier alpha value is -2.29. The molecule has 3 rings (SSSR count). The van der Waals surface area contributed by atoms with Gasteiger partial charge in [-0.15, -0.1) is 0 Å². The van der Waals surface area contributed by atoms with Gasteiger partial charge in [0.1, 0.15) is 11.5 Å². The normalized spacial score (nSPS) is 13.6. The van der Waals surface area contributed by atoms with Crippen LogP contribution in [0, 0.1) is 0 Å². The molecule has 1 aliphatic heterocycles. The number of rotatable bonds is 3. The van der Waals surface area contributed by atoms with Crippen LogP contribution in [0.2, 0.25) is 0 Å². The molecule has 0 amide bonds. The third kappa shape index (κ3) is 2.52. The second-order valence-electron chi connectivity index (χ2n) is 4.94. The molecule has 0 spiro atoms. The fraction of sp³-hybridized carbons (Fsp3) is 0.235. The van der Waals surface area contributed by atoms with E-state index in [9.17, 15) is 5.11 Å². The molecule has 0 bridgehead atoms. The topological polar surface area (TPSA) is 41.8 Å². The Morgan fingerprint density at radius 2 is 1.95 bits per heavy atom. The van der Waals surface area contributed by atoms with Crippen LogP contribution in [0.15, 0.2) is 47.5 Å². The smallest absolute Gasteiger partial charge is 0.119 e. The van der Waals surface area contributed by atoms with Crippen molar-refractivity contribution in [3.05, 3.63) is 59.2 Å². The van der Waals surface area contributed by atoms with Crippen LogP contribution in [0.4, 0.5) is 0 Å². The fourth-order valence-electron chi connectivity index (χ4n) is 2.54. The highest BCUT2D eigenvalue weighted by Crippen LogP contribution is 2.23. The standard InChI is InChI=1S/C17H17NO2/c1-20-15-6-7-16-13(11-15)8-9-18-17(16)10-12-2-4-14(19)5-3-12/h2-7,11,19H,8-10H2,1H3. The summed E-state index contributed by atoms with van der Waals surface area (Å²) >= 11 is 0. The number of fused-ring (bicyclic) bond motifs is 1. The Bertz CT molecular complexity index is 645. The van der Waals surface area contributed by atoms with E-state index in [0.29, 0.717) is 5.75 Å². The Balaban J connectivity index is 1.88. The lowest BCUT2D eigenvalue weighted by Gasteiger charge is -2.18. The maximum atomic E-state index is 9.33. The molecule has 0 atom stereocenters. The summed E-state index contributed by atoms with van der Waals surface area (Å²) in [5, 5.41) is 9.33. The second kappa shape index (κ2) is 5.37. The van der Waals surface area contributed by atoms with Gasteiger partial charge in [0.2, 0.25) is 0 Å². The van der Waals surface area contributed by atoms with E-state index in [4.69, 9.17) is 4.74 Å². The van der Waals surface area contributed by atoms with Crippen LogP contribution in [0.5, 0.6) is 11.5 Å². The SMILES string of the molecule is COc1ccc2c(c1)CCN=C2Cc1ccc(O)cc1. The van der Waals surface area contributed by atoms with Crippen molar-refractivity contribution < 1.29 is 9.84 Å². The predicted octanol–water partition coefficient (Wildman–Crippen LogP) is 2.99. The molecule has 3 heteroatoms. The lowest BCUT2D eigenvalue weighted by molar-refractivity contribution is 0.414. The van der Waals surface area contributed by atoms with E-state index < -0.39 is 0 Å². The molecule has 0 aliphatic carbocycles. The van der Waals surface area contributed by atoms with Gasteiger partial charge in [-0.2, -0.15) is 0 Å². The van der Waals surface area contributed by atoms with Crippen LogP contribution >= 0.6 is 0 Å². The van der Waals surface area contributed by atoms with Crippen molar-refractivity contribution >= 4 is 5.71 Å². The maximum Gasteiger partial charge on any atom is 0.119 e. The summed E-state index contributed by atoms with van der Waals surface area (Å²) < 4.78 is 5.28. The van der Waals surface area contributed by atoms with Gasteiger partial charge in [0.25, 0.3) is 0 Å². The summed E-state index contributed by atoms with van der Waals surface area (Å²) in [6, 6.07) is 13.5. The number of hydrogen-bond acceptors (Lipinski definition) is 3. The molecule has 1 heterocycles. The Labute approximate surface area is 118 Å². The number of nitrogens with zero attached hydrogens (tertiary/aromatic N) is 1. The monoisotopic (exact) mass is 267 g/mol. The third-order valence-electron chi connectivity index (χ3n) is 3.62. The number of aromatic hydroxyl groups is 1. The average molecular weight is 267 g/mol. The number of phenolic OH excluding ortho intramolecular Hbond substituents is 1. The Morgan fingerprint density at radius 3 is 2.70 bits per heavy atom. The van der Waals surface area contributed by atoms with Crippen molar-refractivity contribution in [2.75, 3.05) is 13.7 Å². The van der Waals surface area contributed by atoms with Gasteiger partial charge in [-0.05, 0) is 53.4 Å². The largest absolute Gasteiger partial charge is 0.508 e. The first-order valence-corrected chi connectivity index (χ1v) is 6.75. The van der Waals surface area contributed by atoms with Crippen molar-refractivity contribution in [2.24, 2.45) is 4.99 Å². The lowest BCUT2D eigenvalue weighted by Crippen LogP contribution is -2.15. The maximum absolute atomic E-state index is 9.33. The Kier molecular flexibility index (Phi) is 3.42. The van der Waals surface area contributed by atoms with Crippen molar-refractivity contribution in [3.63, 3.8) is 0 Å². The Morgan fingerprint density at radius 1 is 1.15 bits per heavy atom. The summed E-state index contributed by atoms with van der Waals surface area (Å²) in [6.07, 6.45) is 1.76. The van der Waals surface area contributed by atoms with Gasteiger partial charge >= 0.3 is 0 Å². The van der Waals surface area contributed by atoms with Crippen molar-refractivity contribution in [3.8, 4) is 11.5 Å². The zero-order valence-electron chi connectivity index (χ0n) is 11.5. The summed E-state index contributed by atoms with van der Waals surface area (Å²) in [5.74, 6) is 1.19. The average Bonchev–Trinajstić information content (AvgIpc) is 2.49. The third-order valence-corrected chi connectivity index (χ3v) is 3.62. The van der Waals surface area contributed by atoms with Crippen LogP contribution in [0.1, 0.15) is 16.7 Å². The van der Waals surface area contributed by atoms with E-state index in [1.165, 1.54) is 11.1 Å². The molecule has 20 heavy (non-hydrogen) atoms. The minimum absolute atomic E-state index is 0.296. The molecule has 2 aromatic carbocycles. The van der Waals surface area contributed by atoms with Crippen LogP contribution in [-0.4, -0.2) is 24.5 Å². The minimum Gasteiger partial charge on any atom is -0.508 e. The quantitative estimate of drug-likeness (QED) is 0.929. The zero-order chi connectivity index (χ0) is 13.9. The molecule has 0 saturated heterocycles. The zero-order valence-corrected chi connectivity index (χ0v) is 11.5. The van der Waals surface area contributed by atoms with E-state index in [-0.39, 0.29) is 0 Å². The number of methoxy groups -OCH3 is 1. The molecule has 102 valence electrons. The second-order valence-corrected chi connectivity index (χ2v) is 4.94. The van der Waals surface area contributed by atoms with Crippen molar-refractivity contribution in [1.29, 1.82) is 0 Å². The molecule has 3 nitrogen and oxygen atoms in total. The minimum atomic E-state index is 0.296. The van der Waals surface area contributed by atoms with Crippen molar-refractivity contribution in [2.45, 2.75) is 12.8 Å². The molecule has 1 aliphatic rings. The van der Waals surface area contributed by atoms with Gasteiger partial charge in [0.15, 0.2) is 0 Å². The van der Waals surface area contributed by atoms with Gasteiger partial charge in [0, 0.05) is 18.7 Å². The van der Waals surface area contributed by atoms with Crippen LogP contribution in [0.3, 0.4) is 0 Å². The molecule has 0 unspecified atom stereocenters. The van der Waals surface area contributed by atoms with Gasteiger partial charge in [-0.1, -0.05) is 12.1 Å². The van der Waals surface area contributed by atoms with E-state index in [1.54, 1.807) is 19.2 Å². The van der Waals surface area contributed by atoms with Gasteiger partial charge in [0.05, 0.1) is 7.11 Å². The summed E-state index contributed by atoms with van der Waals surface area (Å²) in [6.45, 7) is 0.827. The number of hydrogen-bond donors (Lipinski definition) is 1. The molecular weight excluding hydrogens is 250 g/mol. The van der Waals surface area contributed by atoms with E-state index in [0.717, 1.165) is 36.4 Å². The van der Waals surface area contributed by atoms with Crippen LogP contribution in [0.25, 0.3) is 0 Å². The fourth-order valence-corrected chi connectivity index (χ4v) is 2.54. The molecule has 1 N–H and O–H groups in total. The summed E-state index contributed by atoms with van der Waals surface area (Å²) in [7, 11) is 1.69. The molecular formula is C17H17NO2. The first-order valence-electron chi connectivity index (χ1n) is 6.75. The molecule has 0 fully saturated rings. The highest BCUT2D eigenvalue weighted by molar-refractivity contribution is 6.03. The molecule has 2 aromatic rings. The first kappa shape index (κ1) is 12.7.